The van der Waals surface area contributed by atoms with Crippen molar-refractivity contribution >= 4 is 11.3 Å². The Balaban J connectivity index is 2.18. The minimum atomic E-state index is -0.826. The van der Waals surface area contributed by atoms with Gasteiger partial charge in [-0.05, 0) is 30.5 Å². The molecule has 0 aliphatic carbocycles. The molecule has 0 unspecified atom stereocenters. The Morgan fingerprint density at radius 3 is 2.93 bits per heavy atom. The van der Waals surface area contributed by atoms with Crippen molar-refractivity contribution in [1.82, 2.24) is 20.2 Å². The number of thiophene rings is 1. The standard InChI is InChI=1S/C9H12N4OS/c1-9(2,14)6-13-11-8(10-12-13)7-4-3-5-15-7/h3-5,14H,6H2,1-2H3. The maximum Gasteiger partial charge on any atom is 0.214 e. The van der Waals surface area contributed by atoms with Crippen LogP contribution >= 0.6 is 11.3 Å². The van der Waals surface area contributed by atoms with Crippen molar-refractivity contribution in [3.63, 3.8) is 0 Å². The summed E-state index contributed by atoms with van der Waals surface area (Å²) in [7, 11) is 0. The van der Waals surface area contributed by atoms with Gasteiger partial charge in [0.05, 0.1) is 17.0 Å². The molecule has 2 rings (SSSR count). The van der Waals surface area contributed by atoms with Crippen LogP contribution < -0.4 is 0 Å². The van der Waals surface area contributed by atoms with Gasteiger partial charge < -0.3 is 5.11 Å². The Morgan fingerprint density at radius 2 is 2.33 bits per heavy atom. The predicted molar refractivity (Wildman–Crippen MR) is 57.4 cm³/mol. The molecule has 0 fully saturated rings. The minimum Gasteiger partial charge on any atom is -0.388 e. The Morgan fingerprint density at radius 1 is 1.53 bits per heavy atom. The first-order valence-corrected chi connectivity index (χ1v) is 5.47. The van der Waals surface area contributed by atoms with Gasteiger partial charge in [0.25, 0.3) is 0 Å². The molecule has 5 nitrogen and oxygen atoms in total. The lowest BCUT2D eigenvalue weighted by Gasteiger charge is -2.14. The number of tetrazole rings is 1. The number of rotatable bonds is 3. The molecule has 6 heteroatoms. The predicted octanol–water partition coefficient (Wildman–Crippen LogP) is 1.17. The summed E-state index contributed by atoms with van der Waals surface area (Å²) in [4.78, 5) is 2.40. The van der Waals surface area contributed by atoms with Crippen LogP contribution in [0.5, 0.6) is 0 Å². The van der Waals surface area contributed by atoms with E-state index in [1.54, 1.807) is 25.2 Å². The van der Waals surface area contributed by atoms with Gasteiger partial charge in [0, 0.05) is 0 Å². The van der Waals surface area contributed by atoms with Gasteiger partial charge in [0.2, 0.25) is 5.82 Å². The third-order valence-electron chi connectivity index (χ3n) is 1.72. The highest BCUT2D eigenvalue weighted by Gasteiger charge is 2.16. The maximum absolute atomic E-state index is 9.58. The van der Waals surface area contributed by atoms with Gasteiger partial charge in [0.1, 0.15) is 0 Å². The third-order valence-corrected chi connectivity index (χ3v) is 2.59. The summed E-state index contributed by atoms with van der Waals surface area (Å²) < 4.78 is 0. The fourth-order valence-corrected chi connectivity index (χ4v) is 1.81. The van der Waals surface area contributed by atoms with Crippen LogP contribution in [0, 0.1) is 0 Å². The molecule has 0 saturated carbocycles. The van der Waals surface area contributed by atoms with Crippen molar-refractivity contribution < 1.29 is 5.11 Å². The van der Waals surface area contributed by atoms with E-state index in [0.717, 1.165) is 4.88 Å². The molecule has 0 aliphatic rings. The molecule has 0 spiro atoms. The quantitative estimate of drug-likeness (QED) is 0.850. The van der Waals surface area contributed by atoms with Crippen LogP contribution in [0.25, 0.3) is 10.7 Å². The summed E-state index contributed by atoms with van der Waals surface area (Å²) in [6.07, 6.45) is 0. The summed E-state index contributed by atoms with van der Waals surface area (Å²) >= 11 is 1.57. The van der Waals surface area contributed by atoms with E-state index in [1.165, 1.54) is 4.80 Å². The Kier molecular flexibility index (Phi) is 2.54. The zero-order valence-electron chi connectivity index (χ0n) is 8.58. The molecular formula is C9H12N4OS. The molecule has 0 amide bonds. The molecule has 0 radical (unpaired) electrons. The summed E-state index contributed by atoms with van der Waals surface area (Å²) in [5.41, 5.74) is -0.826. The SMILES string of the molecule is CC(C)(O)Cn1nnc(-c2cccs2)n1. The van der Waals surface area contributed by atoms with E-state index >= 15 is 0 Å². The van der Waals surface area contributed by atoms with Crippen LogP contribution in [0.4, 0.5) is 0 Å². The Bertz CT molecular complexity index is 429. The van der Waals surface area contributed by atoms with Gasteiger partial charge in [0.15, 0.2) is 0 Å². The smallest absolute Gasteiger partial charge is 0.214 e. The number of aromatic nitrogens is 4. The van der Waals surface area contributed by atoms with Crippen molar-refractivity contribution in [2.45, 2.75) is 26.0 Å². The molecule has 80 valence electrons. The highest BCUT2D eigenvalue weighted by Crippen LogP contribution is 2.19. The number of hydrogen-bond donors (Lipinski definition) is 1. The normalized spacial score (nSPS) is 11.9. The second kappa shape index (κ2) is 3.71. The van der Waals surface area contributed by atoms with Crippen molar-refractivity contribution in [3.8, 4) is 10.7 Å². The molecule has 15 heavy (non-hydrogen) atoms. The summed E-state index contributed by atoms with van der Waals surface area (Å²) in [6.45, 7) is 3.76. The molecule has 2 aromatic heterocycles. The molecule has 1 N–H and O–H groups in total. The monoisotopic (exact) mass is 224 g/mol. The fourth-order valence-electron chi connectivity index (χ4n) is 1.16. The lowest BCUT2D eigenvalue weighted by atomic mass is 10.1. The first kappa shape index (κ1) is 10.3. The lowest BCUT2D eigenvalue weighted by molar-refractivity contribution is 0.0526. The van der Waals surface area contributed by atoms with E-state index in [4.69, 9.17) is 0 Å². The van der Waals surface area contributed by atoms with Gasteiger partial charge in [-0.25, -0.2) is 0 Å². The van der Waals surface area contributed by atoms with Crippen LogP contribution in [-0.2, 0) is 6.54 Å². The summed E-state index contributed by atoms with van der Waals surface area (Å²) in [6, 6.07) is 3.88. The minimum absolute atomic E-state index is 0.339. The van der Waals surface area contributed by atoms with E-state index in [-0.39, 0.29) is 0 Å². The molecular weight excluding hydrogens is 212 g/mol. The largest absolute Gasteiger partial charge is 0.388 e. The maximum atomic E-state index is 9.58. The molecule has 0 aliphatic heterocycles. The molecule has 0 saturated heterocycles. The Labute approximate surface area is 91.4 Å². The van der Waals surface area contributed by atoms with Gasteiger partial charge in [-0.3, -0.25) is 0 Å². The van der Waals surface area contributed by atoms with Gasteiger partial charge in [-0.15, -0.1) is 21.5 Å². The molecule has 0 atom stereocenters. The van der Waals surface area contributed by atoms with Crippen LogP contribution in [0.2, 0.25) is 0 Å². The van der Waals surface area contributed by atoms with Crippen molar-refractivity contribution in [1.29, 1.82) is 0 Å². The highest BCUT2D eigenvalue weighted by molar-refractivity contribution is 7.13. The molecule has 0 aromatic carbocycles. The second-order valence-corrected chi connectivity index (χ2v) is 4.88. The number of aliphatic hydroxyl groups is 1. The van der Waals surface area contributed by atoms with E-state index in [2.05, 4.69) is 15.4 Å². The van der Waals surface area contributed by atoms with Gasteiger partial charge >= 0.3 is 0 Å². The molecule has 2 aromatic rings. The number of nitrogens with zero attached hydrogens (tertiary/aromatic N) is 4. The summed E-state index contributed by atoms with van der Waals surface area (Å²) in [5, 5.41) is 23.5. The van der Waals surface area contributed by atoms with Crippen molar-refractivity contribution in [2.75, 3.05) is 0 Å². The zero-order valence-corrected chi connectivity index (χ0v) is 9.40. The number of hydrogen-bond acceptors (Lipinski definition) is 5. The van der Waals surface area contributed by atoms with Gasteiger partial charge in [-0.1, -0.05) is 6.07 Å². The van der Waals surface area contributed by atoms with Crippen LogP contribution in [0.15, 0.2) is 17.5 Å². The highest BCUT2D eigenvalue weighted by atomic mass is 32.1. The van der Waals surface area contributed by atoms with Crippen LogP contribution in [0.3, 0.4) is 0 Å². The van der Waals surface area contributed by atoms with Gasteiger partial charge in [-0.2, -0.15) is 4.80 Å². The first-order chi connectivity index (χ1) is 7.04. The van der Waals surface area contributed by atoms with Crippen molar-refractivity contribution in [2.24, 2.45) is 0 Å². The molecule has 2 heterocycles. The third kappa shape index (κ3) is 2.60. The van der Waals surface area contributed by atoms with Crippen LogP contribution in [-0.4, -0.2) is 30.9 Å². The van der Waals surface area contributed by atoms with E-state index in [1.807, 2.05) is 17.5 Å². The molecule has 0 bridgehead atoms. The van der Waals surface area contributed by atoms with Crippen molar-refractivity contribution in [3.05, 3.63) is 17.5 Å². The fraction of sp³-hybridized carbons (Fsp3) is 0.444. The summed E-state index contributed by atoms with van der Waals surface area (Å²) in [5.74, 6) is 0.606. The van der Waals surface area contributed by atoms with E-state index < -0.39 is 5.60 Å². The lowest BCUT2D eigenvalue weighted by Crippen LogP contribution is -2.27. The Hall–Kier alpha value is -1.27. The average molecular weight is 224 g/mol. The second-order valence-electron chi connectivity index (χ2n) is 3.93. The first-order valence-electron chi connectivity index (χ1n) is 4.59. The average Bonchev–Trinajstić information content (AvgIpc) is 2.68. The van der Waals surface area contributed by atoms with E-state index in [0.29, 0.717) is 12.4 Å². The van der Waals surface area contributed by atoms with E-state index in [9.17, 15) is 5.11 Å². The van der Waals surface area contributed by atoms with Crippen LogP contribution in [0.1, 0.15) is 13.8 Å². The zero-order chi connectivity index (χ0) is 10.9. The topological polar surface area (TPSA) is 63.8 Å².